The predicted molar refractivity (Wildman–Crippen MR) is 98.2 cm³/mol. The van der Waals surface area contributed by atoms with Gasteiger partial charge in [-0.3, -0.25) is 9.36 Å². The van der Waals surface area contributed by atoms with E-state index in [1.165, 1.54) is 22.9 Å². The molecule has 0 spiro atoms. The summed E-state index contributed by atoms with van der Waals surface area (Å²) in [7, 11) is 0. The Labute approximate surface area is 150 Å². The SMILES string of the molecule is Cc1cc(NC(=O)[C@@H](C)Sc2nccn2-c2cccc(C)c2C)no1. The molecule has 3 aromatic rings. The van der Waals surface area contributed by atoms with Crippen LogP contribution in [0, 0.1) is 20.8 Å². The predicted octanol–water partition coefficient (Wildman–Crippen LogP) is 3.90. The number of hydrogen-bond acceptors (Lipinski definition) is 5. The van der Waals surface area contributed by atoms with Gasteiger partial charge in [0.25, 0.3) is 0 Å². The van der Waals surface area contributed by atoms with E-state index >= 15 is 0 Å². The molecular weight excluding hydrogens is 336 g/mol. The number of carbonyl (C=O) groups excluding carboxylic acids is 1. The van der Waals surface area contributed by atoms with Gasteiger partial charge in [0.1, 0.15) is 5.76 Å². The first-order valence-corrected chi connectivity index (χ1v) is 8.84. The third-order valence-electron chi connectivity index (χ3n) is 3.97. The van der Waals surface area contributed by atoms with Crippen LogP contribution in [-0.2, 0) is 4.79 Å². The van der Waals surface area contributed by atoms with Crippen molar-refractivity contribution >= 4 is 23.5 Å². The van der Waals surface area contributed by atoms with Crippen LogP contribution in [0.2, 0.25) is 0 Å². The minimum absolute atomic E-state index is 0.145. The zero-order chi connectivity index (χ0) is 18.0. The van der Waals surface area contributed by atoms with Crippen molar-refractivity contribution in [1.29, 1.82) is 0 Å². The van der Waals surface area contributed by atoms with Gasteiger partial charge < -0.3 is 9.84 Å². The molecule has 0 unspecified atom stereocenters. The molecule has 6 nitrogen and oxygen atoms in total. The highest BCUT2D eigenvalue weighted by atomic mass is 32.2. The van der Waals surface area contributed by atoms with E-state index < -0.39 is 0 Å². The molecule has 0 aliphatic heterocycles. The van der Waals surface area contributed by atoms with Crippen molar-refractivity contribution in [2.45, 2.75) is 38.1 Å². The summed E-state index contributed by atoms with van der Waals surface area (Å²) in [6, 6.07) is 7.84. The molecule has 0 aliphatic rings. The molecule has 130 valence electrons. The lowest BCUT2D eigenvalue weighted by Crippen LogP contribution is -2.23. The summed E-state index contributed by atoms with van der Waals surface area (Å²) in [6.07, 6.45) is 3.66. The first-order valence-electron chi connectivity index (χ1n) is 7.96. The van der Waals surface area contributed by atoms with Gasteiger partial charge in [0.05, 0.1) is 10.9 Å². The number of hydrogen-bond donors (Lipinski definition) is 1. The quantitative estimate of drug-likeness (QED) is 0.702. The molecule has 0 fully saturated rings. The maximum absolute atomic E-state index is 12.4. The third kappa shape index (κ3) is 3.76. The fraction of sp³-hybridized carbons (Fsp3) is 0.278. The number of carbonyl (C=O) groups is 1. The molecule has 3 rings (SSSR count). The van der Waals surface area contributed by atoms with E-state index in [1.54, 1.807) is 19.2 Å². The Morgan fingerprint density at radius 3 is 2.84 bits per heavy atom. The fourth-order valence-corrected chi connectivity index (χ4v) is 3.30. The number of imidazole rings is 1. The Kier molecular flexibility index (Phi) is 4.94. The van der Waals surface area contributed by atoms with Crippen molar-refractivity contribution in [3.05, 3.63) is 53.5 Å². The smallest absolute Gasteiger partial charge is 0.238 e. The second kappa shape index (κ2) is 7.14. The number of rotatable bonds is 5. The molecule has 2 heterocycles. The van der Waals surface area contributed by atoms with Crippen molar-refractivity contribution in [1.82, 2.24) is 14.7 Å². The molecule has 1 atom stereocenters. The van der Waals surface area contributed by atoms with Crippen LogP contribution in [0.25, 0.3) is 5.69 Å². The van der Waals surface area contributed by atoms with Crippen LogP contribution in [0.15, 0.2) is 46.3 Å². The summed E-state index contributed by atoms with van der Waals surface area (Å²) in [5, 5.41) is 6.98. The number of amides is 1. The summed E-state index contributed by atoms with van der Waals surface area (Å²) < 4.78 is 6.98. The number of aryl methyl sites for hydroxylation is 2. The van der Waals surface area contributed by atoms with Gasteiger partial charge in [0.15, 0.2) is 11.0 Å². The van der Waals surface area contributed by atoms with Gasteiger partial charge in [0, 0.05) is 18.5 Å². The van der Waals surface area contributed by atoms with E-state index in [9.17, 15) is 4.79 Å². The van der Waals surface area contributed by atoms with Gasteiger partial charge in [-0.1, -0.05) is 29.1 Å². The number of nitrogens with zero attached hydrogens (tertiary/aromatic N) is 3. The number of anilines is 1. The number of benzene rings is 1. The molecule has 1 N–H and O–H groups in total. The number of aromatic nitrogens is 3. The Hall–Kier alpha value is -2.54. The average molecular weight is 356 g/mol. The maximum Gasteiger partial charge on any atom is 0.238 e. The zero-order valence-corrected chi connectivity index (χ0v) is 15.4. The first kappa shape index (κ1) is 17.3. The van der Waals surface area contributed by atoms with Gasteiger partial charge in [-0.2, -0.15) is 0 Å². The van der Waals surface area contributed by atoms with Crippen LogP contribution in [-0.4, -0.2) is 25.9 Å². The van der Waals surface area contributed by atoms with Gasteiger partial charge in [-0.15, -0.1) is 0 Å². The number of nitrogens with one attached hydrogen (secondary N) is 1. The van der Waals surface area contributed by atoms with Crippen LogP contribution in [0.3, 0.4) is 0 Å². The first-order chi connectivity index (χ1) is 12.0. The van der Waals surface area contributed by atoms with E-state index in [0.29, 0.717) is 11.6 Å². The van der Waals surface area contributed by atoms with Gasteiger partial charge in [-0.25, -0.2) is 4.98 Å². The van der Waals surface area contributed by atoms with Gasteiger partial charge in [-0.05, 0) is 44.9 Å². The Morgan fingerprint density at radius 2 is 2.12 bits per heavy atom. The summed E-state index contributed by atoms with van der Waals surface area (Å²) in [6.45, 7) is 7.79. The number of thioether (sulfide) groups is 1. The molecular formula is C18H20N4O2S. The molecule has 2 aromatic heterocycles. The van der Waals surface area contributed by atoms with E-state index in [1.807, 2.05) is 23.8 Å². The lowest BCUT2D eigenvalue weighted by Gasteiger charge is -2.14. The standard InChI is InChI=1S/C18H20N4O2S/c1-11-6-5-7-15(13(11)3)22-9-8-19-18(22)25-14(4)17(23)20-16-10-12(2)24-21-16/h5-10,14H,1-4H3,(H,20,21,23)/t14-/m1/s1. The summed E-state index contributed by atoms with van der Waals surface area (Å²) >= 11 is 1.40. The van der Waals surface area contributed by atoms with Crippen molar-refractivity contribution < 1.29 is 9.32 Å². The van der Waals surface area contributed by atoms with Gasteiger partial charge >= 0.3 is 0 Å². The third-order valence-corrected chi connectivity index (χ3v) is 5.05. The van der Waals surface area contributed by atoms with E-state index in [0.717, 1.165) is 10.8 Å². The van der Waals surface area contributed by atoms with Crippen molar-refractivity contribution in [2.24, 2.45) is 0 Å². The maximum atomic E-state index is 12.4. The second-order valence-electron chi connectivity index (χ2n) is 5.87. The van der Waals surface area contributed by atoms with Crippen molar-refractivity contribution in [2.75, 3.05) is 5.32 Å². The van der Waals surface area contributed by atoms with E-state index in [-0.39, 0.29) is 11.2 Å². The molecule has 0 saturated heterocycles. The molecule has 0 bridgehead atoms. The van der Waals surface area contributed by atoms with Crippen LogP contribution in [0.1, 0.15) is 23.8 Å². The van der Waals surface area contributed by atoms with Crippen LogP contribution >= 0.6 is 11.8 Å². The lowest BCUT2D eigenvalue weighted by atomic mass is 10.1. The molecule has 1 aromatic carbocycles. The van der Waals surface area contributed by atoms with Crippen LogP contribution in [0.5, 0.6) is 0 Å². The summed E-state index contributed by atoms with van der Waals surface area (Å²) in [5.41, 5.74) is 3.48. The largest absolute Gasteiger partial charge is 0.360 e. The molecule has 25 heavy (non-hydrogen) atoms. The van der Waals surface area contributed by atoms with Crippen LogP contribution in [0.4, 0.5) is 5.82 Å². The molecule has 0 aliphatic carbocycles. The Morgan fingerprint density at radius 1 is 1.32 bits per heavy atom. The van der Waals surface area contributed by atoms with Crippen molar-refractivity contribution in [3.63, 3.8) is 0 Å². The second-order valence-corrected chi connectivity index (χ2v) is 7.18. The fourth-order valence-electron chi connectivity index (χ4n) is 2.42. The normalized spacial score (nSPS) is 12.2. The van der Waals surface area contributed by atoms with Gasteiger partial charge in [0.2, 0.25) is 5.91 Å². The van der Waals surface area contributed by atoms with E-state index in [2.05, 4.69) is 41.4 Å². The van der Waals surface area contributed by atoms with E-state index in [4.69, 9.17) is 4.52 Å². The minimum Gasteiger partial charge on any atom is -0.360 e. The highest BCUT2D eigenvalue weighted by Gasteiger charge is 2.19. The average Bonchev–Trinajstić information content (AvgIpc) is 3.19. The Balaban J connectivity index is 1.76. The molecule has 1 amide bonds. The Bertz CT molecular complexity index is 900. The highest BCUT2D eigenvalue weighted by Crippen LogP contribution is 2.27. The molecule has 0 radical (unpaired) electrons. The zero-order valence-electron chi connectivity index (χ0n) is 14.6. The minimum atomic E-state index is -0.330. The van der Waals surface area contributed by atoms with Crippen LogP contribution < -0.4 is 5.32 Å². The monoisotopic (exact) mass is 356 g/mol. The summed E-state index contributed by atoms with van der Waals surface area (Å²) in [4.78, 5) is 16.8. The highest BCUT2D eigenvalue weighted by molar-refractivity contribution is 8.00. The lowest BCUT2D eigenvalue weighted by molar-refractivity contribution is -0.115. The molecule has 7 heteroatoms. The topological polar surface area (TPSA) is 73.0 Å². The molecule has 0 saturated carbocycles. The van der Waals surface area contributed by atoms with Crippen molar-refractivity contribution in [3.8, 4) is 5.69 Å². The summed E-state index contributed by atoms with van der Waals surface area (Å²) in [5.74, 6) is 0.933.